The van der Waals surface area contributed by atoms with E-state index in [0.29, 0.717) is 18.7 Å². The Hall–Kier alpha value is -2.38. The molecule has 0 saturated carbocycles. The number of hydrogen-bond acceptors (Lipinski definition) is 4. The topological polar surface area (TPSA) is 87.5 Å². The van der Waals surface area contributed by atoms with Crippen molar-refractivity contribution in [2.24, 2.45) is 0 Å². The first-order valence-electron chi connectivity index (χ1n) is 8.35. The van der Waals surface area contributed by atoms with Crippen LogP contribution < -0.4 is 5.32 Å². The second-order valence-electron chi connectivity index (χ2n) is 6.31. The molecule has 2 aromatic rings. The van der Waals surface area contributed by atoms with Gasteiger partial charge in [0.25, 0.3) is 0 Å². The monoisotopic (exact) mass is 378 g/mol. The van der Waals surface area contributed by atoms with Crippen LogP contribution in [0.15, 0.2) is 30.3 Å². The molecule has 0 aliphatic carbocycles. The van der Waals surface area contributed by atoms with Crippen LogP contribution in [0.1, 0.15) is 24.2 Å². The van der Waals surface area contributed by atoms with Crippen molar-refractivity contribution in [2.75, 3.05) is 18.4 Å². The Labute approximate surface area is 158 Å². The molecule has 1 aromatic heterocycles. The van der Waals surface area contributed by atoms with Gasteiger partial charge >= 0.3 is 5.97 Å². The second-order valence-corrected chi connectivity index (χ2v) is 6.31. The Morgan fingerprint density at radius 1 is 1.27 bits per heavy atom. The van der Waals surface area contributed by atoms with Gasteiger partial charge in [-0.2, -0.15) is 5.10 Å². The van der Waals surface area contributed by atoms with Crippen molar-refractivity contribution < 1.29 is 14.7 Å². The number of carbonyl (C=O) groups is 2. The number of nitrogens with one attached hydrogen (secondary N) is 1. The molecule has 2 N–H and O–H groups in total. The summed E-state index contributed by atoms with van der Waals surface area (Å²) >= 11 is 0. The van der Waals surface area contributed by atoms with Crippen molar-refractivity contribution >= 4 is 30.0 Å². The zero-order valence-electron chi connectivity index (χ0n) is 14.8. The molecule has 26 heavy (non-hydrogen) atoms. The van der Waals surface area contributed by atoms with Crippen LogP contribution in [0.2, 0.25) is 0 Å². The number of likely N-dealkylation sites (tertiary alicyclic amines) is 1. The van der Waals surface area contributed by atoms with Crippen LogP contribution in [-0.4, -0.2) is 50.8 Å². The molecule has 1 unspecified atom stereocenters. The predicted octanol–water partition coefficient (Wildman–Crippen LogP) is 2.40. The van der Waals surface area contributed by atoms with Crippen LogP contribution >= 0.6 is 12.4 Å². The van der Waals surface area contributed by atoms with Gasteiger partial charge in [0.1, 0.15) is 6.04 Å². The van der Waals surface area contributed by atoms with Crippen LogP contribution in [0.5, 0.6) is 0 Å². The minimum absolute atomic E-state index is 0. The molecule has 1 saturated heterocycles. The predicted molar refractivity (Wildman–Crippen MR) is 101 cm³/mol. The summed E-state index contributed by atoms with van der Waals surface area (Å²) in [4.78, 5) is 25.3. The van der Waals surface area contributed by atoms with Gasteiger partial charge in [-0.15, -0.1) is 12.4 Å². The molecule has 0 spiro atoms. The van der Waals surface area contributed by atoms with Gasteiger partial charge in [-0.05, 0) is 45.4 Å². The first-order valence-corrected chi connectivity index (χ1v) is 8.35. The van der Waals surface area contributed by atoms with Gasteiger partial charge in [-0.1, -0.05) is 18.2 Å². The average Bonchev–Trinajstić information content (AvgIpc) is 3.15. The molecule has 0 radical (unpaired) electrons. The Balaban J connectivity index is 0.00000243. The Kier molecular flexibility index (Phi) is 6.39. The van der Waals surface area contributed by atoms with Crippen LogP contribution in [0.4, 0.5) is 5.69 Å². The number of anilines is 1. The highest BCUT2D eigenvalue weighted by Gasteiger charge is 2.31. The summed E-state index contributed by atoms with van der Waals surface area (Å²) in [5, 5.41) is 16.6. The first kappa shape index (κ1) is 19.9. The summed E-state index contributed by atoms with van der Waals surface area (Å²) in [5.41, 5.74) is 3.17. The Morgan fingerprint density at radius 3 is 2.62 bits per heavy atom. The van der Waals surface area contributed by atoms with Crippen molar-refractivity contribution in [1.29, 1.82) is 0 Å². The summed E-state index contributed by atoms with van der Waals surface area (Å²) in [5.74, 6) is -1.08. The molecular formula is C18H23ClN4O3. The van der Waals surface area contributed by atoms with Gasteiger partial charge in [-0.3, -0.25) is 14.5 Å². The summed E-state index contributed by atoms with van der Waals surface area (Å²) in [7, 11) is 0. The third-order valence-corrected chi connectivity index (χ3v) is 4.55. The minimum Gasteiger partial charge on any atom is -0.480 e. The number of halogens is 1. The maximum atomic E-state index is 12.4. The van der Waals surface area contributed by atoms with Gasteiger partial charge in [0.15, 0.2) is 0 Å². The number of carboxylic acid groups (broad SMARTS) is 1. The van der Waals surface area contributed by atoms with E-state index in [0.717, 1.165) is 23.5 Å². The van der Waals surface area contributed by atoms with E-state index in [2.05, 4.69) is 10.4 Å². The van der Waals surface area contributed by atoms with E-state index in [4.69, 9.17) is 0 Å². The van der Waals surface area contributed by atoms with E-state index < -0.39 is 12.0 Å². The molecular weight excluding hydrogens is 356 g/mol. The summed E-state index contributed by atoms with van der Waals surface area (Å²) in [6, 6.07) is 9.14. The van der Waals surface area contributed by atoms with E-state index >= 15 is 0 Å². The van der Waals surface area contributed by atoms with Crippen LogP contribution in [0, 0.1) is 13.8 Å². The number of rotatable bonds is 5. The number of hydrogen-bond donors (Lipinski definition) is 2. The lowest BCUT2D eigenvalue weighted by Gasteiger charge is -2.20. The lowest BCUT2D eigenvalue weighted by molar-refractivity contribution is -0.142. The molecule has 2 heterocycles. The molecule has 140 valence electrons. The third-order valence-electron chi connectivity index (χ3n) is 4.55. The molecule has 1 fully saturated rings. The highest BCUT2D eigenvalue weighted by molar-refractivity contribution is 5.93. The van der Waals surface area contributed by atoms with Crippen molar-refractivity contribution in [3.8, 4) is 5.69 Å². The number of amides is 1. The number of para-hydroxylation sites is 1. The van der Waals surface area contributed by atoms with E-state index in [9.17, 15) is 14.7 Å². The maximum Gasteiger partial charge on any atom is 0.320 e. The fourth-order valence-corrected chi connectivity index (χ4v) is 3.30. The fourth-order valence-electron chi connectivity index (χ4n) is 3.30. The van der Waals surface area contributed by atoms with Crippen molar-refractivity contribution in [2.45, 2.75) is 32.7 Å². The smallest absolute Gasteiger partial charge is 0.320 e. The lowest BCUT2D eigenvalue weighted by atomic mass is 10.2. The minimum atomic E-state index is -0.866. The zero-order chi connectivity index (χ0) is 18.0. The molecule has 3 rings (SSSR count). The standard InChI is InChI=1S/C18H22N4O3.ClH/c1-12-17(13(2)22(20-12)14-7-4-3-5-8-14)19-16(23)11-21-10-6-9-15(21)18(24)25;/h3-5,7-8,15H,6,9-11H2,1-2H3,(H,19,23)(H,24,25);1H. The van der Waals surface area contributed by atoms with Crippen molar-refractivity contribution in [3.05, 3.63) is 41.7 Å². The molecule has 8 heteroatoms. The normalized spacial score (nSPS) is 16.9. The first-order chi connectivity index (χ1) is 12.0. The van der Waals surface area contributed by atoms with Gasteiger partial charge in [-0.25, -0.2) is 4.68 Å². The molecule has 7 nitrogen and oxygen atoms in total. The number of aromatic nitrogens is 2. The average molecular weight is 379 g/mol. The summed E-state index contributed by atoms with van der Waals surface area (Å²) in [6.45, 7) is 4.45. The van der Waals surface area contributed by atoms with Gasteiger partial charge in [0, 0.05) is 0 Å². The SMILES string of the molecule is Cc1nn(-c2ccccc2)c(C)c1NC(=O)CN1CCCC1C(=O)O.Cl. The zero-order valence-corrected chi connectivity index (χ0v) is 15.6. The fraction of sp³-hybridized carbons (Fsp3) is 0.389. The summed E-state index contributed by atoms with van der Waals surface area (Å²) < 4.78 is 1.79. The summed E-state index contributed by atoms with van der Waals surface area (Å²) in [6.07, 6.45) is 1.39. The Morgan fingerprint density at radius 2 is 1.96 bits per heavy atom. The molecule has 0 bridgehead atoms. The molecule has 1 amide bonds. The molecule has 1 aliphatic heterocycles. The van der Waals surface area contributed by atoms with Crippen LogP contribution in [-0.2, 0) is 9.59 Å². The highest BCUT2D eigenvalue weighted by Crippen LogP contribution is 2.23. The molecule has 1 atom stereocenters. The van der Waals surface area contributed by atoms with E-state index in [1.54, 1.807) is 9.58 Å². The van der Waals surface area contributed by atoms with Crippen LogP contribution in [0.25, 0.3) is 5.69 Å². The van der Waals surface area contributed by atoms with Crippen LogP contribution in [0.3, 0.4) is 0 Å². The van der Waals surface area contributed by atoms with Crippen molar-refractivity contribution in [3.63, 3.8) is 0 Å². The largest absolute Gasteiger partial charge is 0.480 e. The third kappa shape index (κ3) is 4.05. The number of aryl methyl sites for hydroxylation is 1. The quantitative estimate of drug-likeness (QED) is 0.834. The van der Waals surface area contributed by atoms with Gasteiger partial charge in [0.2, 0.25) is 5.91 Å². The Bertz CT molecular complexity index is 791. The van der Waals surface area contributed by atoms with E-state index in [1.165, 1.54) is 0 Å². The number of benzene rings is 1. The molecule has 1 aliphatic rings. The number of aliphatic carboxylic acids is 1. The highest BCUT2D eigenvalue weighted by atomic mass is 35.5. The van der Waals surface area contributed by atoms with Crippen molar-refractivity contribution in [1.82, 2.24) is 14.7 Å². The van der Waals surface area contributed by atoms with Gasteiger partial charge in [0.05, 0.1) is 29.3 Å². The number of carbonyl (C=O) groups excluding carboxylic acids is 1. The van der Waals surface area contributed by atoms with E-state index in [1.807, 2.05) is 44.2 Å². The van der Waals surface area contributed by atoms with E-state index in [-0.39, 0.29) is 24.9 Å². The van der Waals surface area contributed by atoms with Gasteiger partial charge < -0.3 is 10.4 Å². The number of nitrogens with zero attached hydrogens (tertiary/aromatic N) is 3. The second kappa shape index (κ2) is 8.33. The number of carboxylic acids is 1. The lowest BCUT2D eigenvalue weighted by Crippen LogP contribution is -2.41. The molecule has 1 aromatic carbocycles. The maximum absolute atomic E-state index is 12.4.